The summed E-state index contributed by atoms with van der Waals surface area (Å²) in [5, 5.41) is 0. The van der Waals surface area contributed by atoms with Crippen LogP contribution in [0.4, 0.5) is 0 Å². The van der Waals surface area contributed by atoms with Gasteiger partial charge in [0.2, 0.25) is 8.32 Å². The fourth-order valence-corrected chi connectivity index (χ4v) is 15.3. The lowest BCUT2D eigenvalue weighted by Gasteiger charge is -2.52. The second-order valence-corrected chi connectivity index (χ2v) is 25.6. The molecule has 6 nitrogen and oxygen atoms in total. The van der Waals surface area contributed by atoms with Gasteiger partial charge in [-0.1, -0.05) is 102 Å². The average molecular weight is 639 g/mol. The zero-order valence-electron chi connectivity index (χ0n) is 26.4. The molecule has 0 radical (unpaired) electrons. The van der Waals surface area contributed by atoms with Crippen LogP contribution >= 0.6 is 11.8 Å². The molecule has 0 amide bonds. The van der Waals surface area contributed by atoms with Gasteiger partial charge in [-0.2, -0.15) is 8.42 Å². The van der Waals surface area contributed by atoms with E-state index in [9.17, 15) is 8.42 Å². The summed E-state index contributed by atoms with van der Waals surface area (Å²) in [6.07, 6.45) is -2.29. The molecule has 2 aromatic rings. The minimum atomic E-state index is -3.98. The molecule has 41 heavy (non-hydrogen) atoms. The monoisotopic (exact) mass is 638 g/mol. The Morgan fingerprint density at radius 3 is 1.78 bits per heavy atom. The summed E-state index contributed by atoms with van der Waals surface area (Å²) in [4.78, 5) is 0.972. The van der Waals surface area contributed by atoms with E-state index in [1.165, 1.54) is 11.8 Å². The first kappa shape index (κ1) is 34.5. The van der Waals surface area contributed by atoms with Crippen LogP contribution < -0.4 is 0 Å². The average Bonchev–Trinajstić information content (AvgIpc) is 2.85. The molecule has 1 saturated heterocycles. The van der Waals surface area contributed by atoms with Crippen LogP contribution in [0, 0.1) is 0 Å². The molecule has 2 aromatic carbocycles. The van der Waals surface area contributed by atoms with Crippen molar-refractivity contribution in [3.63, 3.8) is 0 Å². The molecule has 0 spiro atoms. The van der Waals surface area contributed by atoms with E-state index in [4.69, 9.17) is 17.8 Å². The van der Waals surface area contributed by atoms with Gasteiger partial charge in [0, 0.05) is 4.90 Å². The van der Waals surface area contributed by atoms with E-state index >= 15 is 0 Å². The maximum absolute atomic E-state index is 13.6. The Labute approximate surface area is 255 Å². The Kier molecular flexibility index (Phi) is 11.9. The van der Waals surface area contributed by atoms with Crippen LogP contribution in [0.2, 0.25) is 36.3 Å². The molecule has 0 aromatic heterocycles. The van der Waals surface area contributed by atoms with Crippen molar-refractivity contribution >= 4 is 38.5 Å². The van der Waals surface area contributed by atoms with E-state index in [1.807, 2.05) is 55.5 Å². The standard InChI is InChI=1S/C31H50O6S2Si2/c1-22(2)41(23(3)4,24(5)6)37-28-25(7)34-31(38-27-19-15-12-16-20-27)30(29(28)36-40(8,9)10)35-39(32,33)21-26-17-13-11-14-18-26/h11-20,22-25,28-31H,21H2,1-10H3/t25-,28-,29+,30+,31+/m0/s1. The highest BCUT2D eigenvalue weighted by molar-refractivity contribution is 7.99. The number of hydrogen-bond donors (Lipinski definition) is 0. The predicted molar refractivity (Wildman–Crippen MR) is 175 cm³/mol. The molecule has 10 heteroatoms. The number of ether oxygens (including phenoxy) is 1. The van der Waals surface area contributed by atoms with Crippen molar-refractivity contribution < 1.29 is 26.2 Å². The largest absolute Gasteiger partial charge is 0.409 e. The number of benzene rings is 2. The molecular weight excluding hydrogens is 589 g/mol. The quantitative estimate of drug-likeness (QED) is 0.162. The van der Waals surface area contributed by atoms with E-state index < -0.39 is 50.5 Å². The number of thioether (sulfide) groups is 1. The second-order valence-electron chi connectivity index (χ2n) is 13.0. The van der Waals surface area contributed by atoms with E-state index in [1.54, 1.807) is 12.1 Å². The third-order valence-electron chi connectivity index (χ3n) is 7.70. The molecule has 1 fully saturated rings. The Morgan fingerprint density at radius 2 is 1.29 bits per heavy atom. The molecular formula is C31H50O6S2Si2. The van der Waals surface area contributed by atoms with Crippen LogP contribution in [0.3, 0.4) is 0 Å². The van der Waals surface area contributed by atoms with Gasteiger partial charge in [-0.05, 0) is 60.9 Å². The van der Waals surface area contributed by atoms with Gasteiger partial charge in [-0.15, -0.1) is 0 Å². The highest BCUT2D eigenvalue weighted by atomic mass is 32.2. The third kappa shape index (κ3) is 9.01. The summed E-state index contributed by atoms with van der Waals surface area (Å²) in [7, 11) is -8.55. The summed E-state index contributed by atoms with van der Waals surface area (Å²) < 4.78 is 54.2. The van der Waals surface area contributed by atoms with E-state index in [-0.39, 0.29) is 11.9 Å². The zero-order valence-corrected chi connectivity index (χ0v) is 30.0. The molecule has 0 N–H and O–H groups in total. The van der Waals surface area contributed by atoms with Crippen molar-refractivity contribution in [2.45, 2.75) is 125 Å². The fourth-order valence-electron chi connectivity index (χ4n) is 6.13. The van der Waals surface area contributed by atoms with Gasteiger partial charge in [0.05, 0.1) is 12.2 Å². The van der Waals surface area contributed by atoms with Crippen molar-refractivity contribution in [2.75, 3.05) is 0 Å². The molecule has 1 aliphatic heterocycles. The maximum Gasteiger partial charge on any atom is 0.272 e. The van der Waals surface area contributed by atoms with Crippen LogP contribution in [0.1, 0.15) is 54.0 Å². The van der Waals surface area contributed by atoms with Crippen molar-refractivity contribution in [3.8, 4) is 0 Å². The molecule has 1 heterocycles. The first-order chi connectivity index (χ1) is 19.1. The van der Waals surface area contributed by atoms with E-state index in [0.717, 1.165) is 4.90 Å². The van der Waals surface area contributed by atoms with Gasteiger partial charge in [-0.3, -0.25) is 4.18 Å². The van der Waals surface area contributed by atoms with Crippen molar-refractivity contribution in [1.29, 1.82) is 0 Å². The Morgan fingerprint density at radius 1 is 0.780 bits per heavy atom. The third-order valence-corrected chi connectivity index (χ3v) is 17.1. The Balaban J connectivity index is 2.10. The summed E-state index contributed by atoms with van der Waals surface area (Å²) in [6.45, 7) is 21.9. The van der Waals surface area contributed by atoms with E-state index in [0.29, 0.717) is 22.2 Å². The smallest absolute Gasteiger partial charge is 0.272 e. The van der Waals surface area contributed by atoms with Gasteiger partial charge >= 0.3 is 0 Å². The summed E-state index contributed by atoms with van der Waals surface area (Å²) in [5.41, 5.74) is 1.11. The molecule has 5 atom stereocenters. The molecule has 0 aliphatic carbocycles. The van der Waals surface area contributed by atoms with Crippen molar-refractivity contribution in [2.24, 2.45) is 0 Å². The lowest BCUT2D eigenvalue weighted by molar-refractivity contribution is -0.174. The maximum atomic E-state index is 13.6. The Hall–Kier alpha value is -0.986. The highest BCUT2D eigenvalue weighted by Crippen LogP contribution is 2.46. The van der Waals surface area contributed by atoms with Crippen molar-refractivity contribution in [3.05, 3.63) is 66.2 Å². The first-order valence-electron chi connectivity index (χ1n) is 14.7. The molecule has 0 saturated carbocycles. The summed E-state index contributed by atoms with van der Waals surface area (Å²) >= 11 is 1.47. The predicted octanol–water partition coefficient (Wildman–Crippen LogP) is 8.22. The molecule has 0 unspecified atom stereocenters. The van der Waals surface area contributed by atoms with Gasteiger partial charge in [-0.25, -0.2) is 0 Å². The van der Waals surface area contributed by atoms with Crippen LogP contribution in [-0.2, 0) is 33.6 Å². The van der Waals surface area contributed by atoms with Gasteiger partial charge in [0.15, 0.2) is 8.32 Å². The molecule has 1 aliphatic rings. The van der Waals surface area contributed by atoms with Gasteiger partial charge in [0.25, 0.3) is 10.1 Å². The summed E-state index contributed by atoms with van der Waals surface area (Å²) in [6, 6.07) is 19.0. The molecule has 230 valence electrons. The van der Waals surface area contributed by atoms with Crippen LogP contribution in [0.25, 0.3) is 0 Å². The van der Waals surface area contributed by atoms with Crippen LogP contribution in [0.5, 0.6) is 0 Å². The first-order valence-corrected chi connectivity index (χ1v) is 22.7. The molecule has 3 rings (SSSR count). The SMILES string of the molecule is CC(C)[Si](O[C@@H]1[C@@H](O[Si](C)(C)C)[C@@H](OS(=O)(=O)Cc2ccccc2)[C@@H](Sc2ccccc2)O[C@H]1C)(C(C)C)C(C)C. The number of rotatable bonds is 13. The topological polar surface area (TPSA) is 71.1 Å². The van der Waals surface area contributed by atoms with Gasteiger partial charge < -0.3 is 13.6 Å². The van der Waals surface area contributed by atoms with Crippen LogP contribution in [-0.4, -0.2) is 54.9 Å². The second kappa shape index (κ2) is 14.2. The van der Waals surface area contributed by atoms with Crippen molar-refractivity contribution in [1.82, 2.24) is 0 Å². The Bertz CT molecular complexity index is 1160. The zero-order chi connectivity index (χ0) is 30.6. The lowest BCUT2D eigenvalue weighted by atomic mass is 10.0. The number of hydrogen-bond acceptors (Lipinski definition) is 7. The highest BCUT2D eigenvalue weighted by Gasteiger charge is 2.55. The minimum absolute atomic E-state index is 0.226. The minimum Gasteiger partial charge on any atom is -0.409 e. The lowest BCUT2D eigenvalue weighted by Crippen LogP contribution is -2.64. The van der Waals surface area contributed by atoms with Crippen LogP contribution in [0.15, 0.2) is 65.6 Å². The normalized spacial score (nSPS) is 24.4. The van der Waals surface area contributed by atoms with E-state index in [2.05, 4.69) is 61.2 Å². The molecule has 0 bridgehead atoms. The van der Waals surface area contributed by atoms with Gasteiger partial charge in [0.1, 0.15) is 23.4 Å². The fraction of sp³-hybridized carbons (Fsp3) is 0.613. The summed E-state index contributed by atoms with van der Waals surface area (Å²) in [5.74, 6) is -0.226.